The molecule has 2 fully saturated rings. The van der Waals surface area contributed by atoms with Crippen LogP contribution in [0.3, 0.4) is 0 Å². The van der Waals surface area contributed by atoms with Gasteiger partial charge in [0.2, 0.25) is 0 Å². The number of nitrogens with one attached hydrogen (secondary N) is 1. The molecule has 36 heavy (non-hydrogen) atoms. The molecular weight excluding hydrogens is 452 g/mol. The Labute approximate surface area is 211 Å². The second kappa shape index (κ2) is 8.74. The van der Waals surface area contributed by atoms with Crippen LogP contribution in [0.1, 0.15) is 65.0 Å². The lowest BCUT2D eigenvalue weighted by Crippen LogP contribution is -2.49. The lowest BCUT2D eigenvalue weighted by Gasteiger charge is -2.42. The van der Waals surface area contributed by atoms with Crippen LogP contribution >= 0.6 is 0 Å². The van der Waals surface area contributed by atoms with Gasteiger partial charge in [0, 0.05) is 71.0 Å². The normalized spacial score (nSPS) is 20.3. The van der Waals surface area contributed by atoms with Crippen molar-refractivity contribution in [1.82, 2.24) is 9.88 Å². The van der Waals surface area contributed by atoms with E-state index >= 15 is 0 Å². The fourth-order valence-corrected chi connectivity index (χ4v) is 6.41. The third-order valence-corrected chi connectivity index (χ3v) is 8.45. The molecule has 2 aromatic carbocycles. The number of piperidine rings is 1. The van der Waals surface area contributed by atoms with Gasteiger partial charge in [-0.2, -0.15) is 5.26 Å². The topological polar surface area (TPSA) is 92.6 Å². The molecule has 0 amide bonds. The van der Waals surface area contributed by atoms with Crippen LogP contribution in [0.25, 0.3) is 10.9 Å². The number of ketones is 1. The van der Waals surface area contributed by atoms with Crippen LogP contribution in [0.2, 0.25) is 0 Å². The van der Waals surface area contributed by atoms with E-state index in [9.17, 15) is 15.2 Å². The van der Waals surface area contributed by atoms with Gasteiger partial charge in [-0.25, -0.2) is 0 Å². The molecule has 3 aliphatic rings. The minimum absolute atomic E-state index is 0.0254. The molecule has 0 atom stereocenters. The van der Waals surface area contributed by atoms with Gasteiger partial charge < -0.3 is 19.7 Å². The molecule has 2 aliphatic heterocycles. The number of nitriles is 1. The van der Waals surface area contributed by atoms with Crippen molar-refractivity contribution >= 4 is 22.4 Å². The number of aliphatic hydroxyl groups excluding tert-OH is 1. The number of benzene rings is 2. The summed E-state index contributed by atoms with van der Waals surface area (Å²) < 4.78 is 5.52. The van der Waals surface area contributed by atoms with E-state index in [-0.39, 0.29) is 12.4 Å². The van der Waals surface area contributed by atoms with E-state index in [2.05, 4.69) is 40.8 Å². The molecule has 2 N–H and O–H groups in total. The van der Waals surface area contributed by atoms with Crippen LogP contribution in [0.15, 0.2) is 30.3 Å². The summed E-state index contributed by atoms with van der Waals surface area (Å²) in [7, 11) is 0. The SMILES string of the molecule is CC1(C)c2cc(N3CCC(N4CCOCC4)CC3)c(CO)cc2C(=O)c2c1[nH]c1cc(C#N)ccc21. The highest BCUT2D eigenvalue weighted by atomic mass is 16.5. The summed E-state index contributed by atoms with van der Waals surface area (Å²) >= 11 is 0. The van der Waals surface area contributed by atoms with E-state index in [0.717, 1.165) is 85.6 Å². The van der Waals surface area contributed by atoms with E-state index in [1.165, 1.54) is 0 Å². The molecule has 186 valence electrons. The lowest BCUT2D eigenvalue weighted by atomic mass is 9.70. The van der Waals surface area contributed by atoms with Crippen LogP contribution in [0.5, 0.6) is 0 Å². The van der Waals surface area contributed by atoms with Crippen molar-refractivity contribution < 1.29 is 14.6 Å². The summed E-state index contributed by atoms with van der Waals surface area (Å²) in [5.41, 5.74) is 5.98. The van der Waals surface area contributed by atoms with Gasteiger partial charge in [0.25, 0.3) is 0 Å². The van der Waals surface area contributed by atoms with Crippen LogP contribution in [-0.4, -0.2) is 66.2 Å². The fraction of sp³-hybridized carbons (Fsp3) is 0.448. The Balaban J connectivity index is 1.37. The highest BCUT2D eigenvalue weighted by Gasteiger charge is 2.41. The van der Waals surface area contributed by atoms with E-state index in [0.29, 0.717) is 22.7 Å². The molecule has 7 nitrogen and oxygen atoms in total. The Hall–Kier alpha value is -3.18. The molecule has 0 saturated carbocycles. The van der Waals surface area contributed by atoms with Gasteiger partial charge in [-0.15, -0.1) is 0 Å². The molecular formula is C29H32N4O3. The predicted molar refractivity (Wildman–Crippen MR) is 139 cm³/mol. The van der Waals surface area contributed by atoms with Crippen LogP contribution in [-0.2, 0) is 16.8 Å². The minimum atomic E-state index is -0.431. The third kappa shape index (κ3) is 3.55. The summed E-state index contributed by atoms with van der Waals surface area (Å²) in [6.07, 6.45) is 2.16. The molecule has 0 bridgehead atoms. The number of aliphatic hydroxyl groups is 1. The number of H-pyrrole nitrogens is 1. The minimum Gasteiger partial charge on any atom is -0.392 e. The number of fused-ring (bicyclic) bond motifs is 4. The van der Waals surface area contributed by atoms with Gasteiger partial charge in [-0.1, -0.05) is 19.9 Å². The number of aromatic amines is 1. The Morgan fingerprint density at radius 2 is 1.89 bits per heavy atom. The Bertz CT molecular complexity index is 1390. The number of morpholine rings is 1. The average molecular weight is 485 g/mol. The highest BCUT2D eigenvalue weighted by Crippen LogP contribution is 2.46. The largest absolute Gasteiger partial charge is 0.392 e. The Morgan fingerprint density at radius 3 is 2.58 bits per heavy atom. The first-order valence-electron chi connectivity index (χ1n) is 12.9. The first-order chi connectivity index (χ1) is 17.4. The average Bonchev–Trinajstić information content (AvgIpc) is 3.32. The maximum Gasteiger partial charge on any atom is 0.195 e. The number of carbonyl (C=O) groups excluding carboxylic acids is 1. The first kappa shape index (κ1) is 23.2. The second-order valence-corrected chi connectivity index (χ2v) is 10.8. The number of anilines is 1. The number of carbonyl (C=O) groups is 1. The zero-order valence-corrected chi connectivity index (χ0v) is 20.9. The standard InChI is InChI=1S/C29H32N4O3/c1-29(2)23-15-25(33-7-5-20(6-8-33)32-9-11-36-12-10-32)19(17-34)14-22(23)27(35)26-21-4-3-18(16-30)13-24(21)31-28(26)29/h3-4,13-15,20,31,34H,5-12,17H2,1-2H3. The van der Waals surface area contributed by atoms with Crippen molar-refractivity contribution in [3.05, 3.63) is 63.8 Å². The van der Waals surface area contributed by atoms with Gasteiger partial charge in [-0.3, -0.25) is 9.69 Å². The third-order valence-electron chi connectivity index (χ3n) is 8.45. The smallest absolute Gasteiger partial charge is 0.195 e. The number of ether oxygens (including phenoxy) is 1. The lowest BCUT2D eigenvalue weighted by molar-refractivity contribution is 0.0115. The van der Waals surface area contributed by atoms with Crippen molar-refractivity contribution in [2.45, 2.75) is 44.8 Å². The summed E-state index contributed by atoms with van der Waals surface area (Å²) in [5, 5.41) is 20.5. The number of hydrogen-bond acceptors (Lipinski definition) is 6. The number of nitrogens with zero attached hydrogens (tertiary/aromatic N) is 3. The zero-order valence-electron chi connectivity index (χ0n) is 20.9. The van der Waals surface area contributed by atoms with Gasteiger partial charge >= 0.3 is 0 Å². The van der Waals surface area contributed by atoms with Crippen LogP contribution in [0.4, 0.5) is 5.69 Å². The molecule has 3 heterocycles. The van der Waals surface area contributed by atoms with E-state index in [4.69, 9.17) is 4.74 Å². The van der Waals surface area contributed by atoms with Crippen LogP contribution in [0, 0.1) is 11.3 Å². The molecule has 6 rings (SSSR count). The molecule has 0 radical (unpaired) electrons. The van der Waals surface area contributed by atoms with Crippen molar-refractivity contribution in [3.8, 4) is 6.07 Å². The Kier molecular flexibility index (Phi) is 5.64. The quantitative estimate of drug-likeness (QED) is 0.589. The maximum absolute atomic E-state index is 13.8. The highest BCUT2D eigenvalue weighted by molar-refractivity contribution is 6.20. The van der Waals surface area contributed by atoms with Gasteiger partial charge in [0.1, 0.15) is 0 Å². The molecule has 1 aromatic heterocycles. The van der Waals surface area contributed by atoms with Crippen LogP contribution < -0.4 is 4.90 Å². The summed E-state index contributed by atoms with van der Waals surface area (Å²) in [6, 6.07) is 12.2. The van der Waals surface area contributed by atoms with Gasteiger partial charge in [0.15, 0.2) is 5.78 Å². The monoisotopic (exact) mass is 484 g/mol. The fourth-order valence-electron chi connectivity index (χ4n) is 6.41. The molecule has 1 aliphatic carbocycles. The van der Waals surface area contributed by atoms with E-state index in [1.807, 2.05) is 18.2 Å². The second-order valence-electron chi connectivity index (χ2n) is 10.8. The first-order valence-corrected chi connectivity index (χ1v) is 12.9. The van der Waals surface area contributed by atoms with E-state index < -0.39 is 5.41 Å². The predicted octanol–water partition coefficient (Wildman–Crippen LogP) is 3.70. The van der Waals surface area contributed by atoms with E-state index in [1.54, 1.807) is 6.07 Å². The van der Waals surface area contributed by atoms with Crippen molar-refractivity contribution in [1.29, 1.82) is 5.26 Å². The summed E-state index contributed by atoms with van der Waals surface area (Å²) in [5.74, 6) is -0.0254. The Morgan fingerprint density at radius 1 is 1.14 bits per heavy atom. The van der Waals surface area contributed by atoms with Crippen molar-refractivity contribution in [2.24, 2.45) is 0 Å². The molecule has 0 spiro atoms. The maximum atomic E-state index is 13.8. The summed E-state index contributed by atoms with van der Waals surface area (Å²) in [4.78, 5) is 22.2. The van der Waals surface area contributed by atoms with Crippen molar-refractivity contribution in [3.63, 3.8) is 0 Å². The molecule has 7 heteroatoms. The zero-order chi connectivity index (χ0) is 25.0. The number of aromatic nitrogens is 1. The number of hydrogen-bond donors (Lipinski definition) is 2. The number of rotatable bonds is 3. The van der Waals surface area contributed by atoms with Gasteiger partial charge in [-0.05, 0) is 42.7 Å². The molecule has 2 saturated heterocycles. The molecule has 0 unspecified atom stereocenters. The van der Waals surface area contributed by atoms with Gasteiger partial charge in [0.05, 0.1) is 37.0 Å². The van der Waals surface area contributed by atoms with Crippen molar-refractivity contribution in [2.75, 3.05) is 44.3 Å². The molecule has 3 aromatic rings. The summed E-state index contributed by atoms with van der Waals surface area (Å²) in [6.45, 7) is 9.68.